The van der Waals surface area contributed by atoms with Crippen LogP contribution in [0.15, 0.2) is 4.79 Å². The molecule has 1 aliphatic heterocycles. The Labute approximate surface area is 114 Å². The Morgan fingerprint density at radius 2 is 2.33 bits per heavy atom. The predicted octanol–water partition coefficient (Wildman–Crippen LogP) is 0.711. The average Bonchev–Trinajstić information content (AvgIpc) is 2.66. The fourth-order valence-corrected chi connectivity index (χ4v) is 4.34. The van der Waals surface area contributed by atoms with Crippen molar-refractivity contribution in [3.05, 3.63) is 25.6 Å². The van der Waals surface area contributed by atoms with Gasteiger partial charge in [-0.25, -0.2) is 0 Å². The Balaban J connectivity index is 2.38. The zero-order valence-corrected chi connectivity index (χ0v) is 12.1. The van der Waals surface area contributed by atoms with E-state index in [1.165, 1.54) is 15.3 Å². The van der Waals surface area contributed by atoms with Gasteiger partial charge >= 0.3 is 0 Å². The van der Waals surface area contributed by atoms with Gasteiger partial charge in [0.25, 0.3) is 5.56 Å². The molecule has 0 bridgehead atoms. The van der Waals surface area contributed by atoms with Gasteiger partial charge in [-0.2, -0.15) is 0 Å². The first-order valence-corrected chi connectivity index (χ1v) is 7.43. The van der Waals surface area contributed by atoms with E-state index in [4.69, 9.17) is 12.2 Å². The molecule has 18 heavy (non-hydrogen) atoms. The SMILES string of the molecule is CCn1c(=S)[nH]c2sc3c(c2c1=O)CC[NH+](C)C3. The van der Waals surface area contributed by atoms with Crippen molar-refractivity contribution >= 4 is 33.8 Å². The van der Waals surface area contributed by atoms with Crippen LogP contribution in [-0.2, 0) is 19.5 Å². The highest BCUT2D eigenvalue weighted by atomic mass is 32.1. The fraction of sp³-hybridized carbons (Fsp3) is 0.500. The van der Waals surface area contributed by atoms with Crippen LogP contribution in [-0.4, -0.2) is 23.1 Å². The molecule has 1 atom stereocenters. The summed E-state index contributed by atoms with van der Waals surface area (Å²) in [4.78, 5) is 19.5. The summed E-state index contributed by atoms with van der Waals surface area (Å²) in [6.07, 6.45) is 0.991. The van der Waals surface area contributed by atoms with Gasteiger partial charge in [-0.3, -0.25) is 9.36 Å². The van der Waals surface area contributed by atoms with E-state index in [2.05, 4.69) is 12.0 Å². The standard InChI is InChI=1S/C12H15N3OS2/c1-3-15-11(16)9-7-4-5-14(2)6-8(7)18-10(9)13-12(15)17/h3-6H2,1-2H3,(H,13,17)/p+1. The van der Waals surface area contributed by atoms with Gasteiger partial charge in [0.2, 0.25) is 0 Å². The Morgan fingerprint density at radius 3 is 3.06 bits per heavy atom. The second kappa shape index (κ2) is 4.29. The smallest absolute Gasteiger partial charge is 0.263 e. The van der Waals surface area contributed by atoms with Crippen LogP contribution in [0.5, 0.6) is 0 Å². The summed E-state index contributed by atoms with van der Waals surface area (Å²) in [6, 6.07) is 0. The lowest BCUT2D eigenvalue weighted by molar-refractivity contribution is -0.895. The number of nitrogens with one attached hydrogen (secondary N) is 2. The van der Waals surface area contributed by atoms with Crippen LogP contribution in [0.25, 0.3) is 10.2 Å². The molecule has 0 aromatic carbocycles. The number of aromatic nitrogens is 2. The summed E-state index contributed by atoms with van der Waals surface area (Å²) < 4.78 is 2.19. The van der Waals surface area contributed by atoms with Gasteiger partial charge < -0.3 is 9.88 Å². The minimum atomic E-state index is 0.0771. The van der Waals surface area contributed by atoms with Gasteiger partial charge in [-0.15, -0.1) is 11.3 Å². The Kier molecular flexibility index (Phi) is 2.88. The van der Waals surface area contributed by atoms with Crippen molar-refractivity contribution in [3.8, 4) is 0 Å². The Morgan fingerprint density at radius 1 is 1.56 bits per heavy atom. The molecule has 96 valence electrons. The first-order valence-electron chi connectivity index (χ1n) is 6.20. The third-order valence-electron chi connectivity index (χ3n) is 3.60. The monoisotopic (exact) mass is 282 g/mol. The zero-order chi connectivity index (χ0) is 12.9. The van der Waals surface area contributed by atoms with E-state index < -0.39 is 0 Å². The molecule has 0 amide bonds. The molecule has 0 spiro atoms. The van der Waals surface area contributed by atoms with Crippen LogP contribution in [0.1, 0.15) is 17.4 Å². The lowest BCUT2D eigenvalue weighted by atomic mass is 10.1. The fourth-order valence-electron chi connectivity index (χ4n) is 2.61. The van der Waals surface area contributed by atoms with E-state index in [1.807, 2.05) is 6.92 Å². The van der Waals surface area contributed by atoms with Crippen LogP contribution in [0.4, 0.5) is 0 Å². The van der Waals surface area contributed by atoms with Crippen LogP contribution < -0.4 is 10.5 Å². The summed E-state index contributed by atoms with van der Waals surface area (Å²) >= 11 is 6.93. The minimum absolute atomic E-state index is 0.0771. The van der Waals surface area contributed by atoms with E-state index in [0.29, 0.717) is 11.3 Å². The number of nitrogens with zero attached hydrogens (tertiary/aromatic N) is 1. The number of H-pyrrole nitrogens is 1. The number of aromatic amines is 1. The van der Waals surface area contributed by atoms with Gasteiger partial charge in [0, 0.05) is 13.0 Å². The van der Waals surface area contributed by atoms with Crippen molar-refractivity contribution in [1.29, 1.82) is 0 Å². The van der Waals surface area contributed by atoms with Crippen molar-refractivity contribution in [2.75, 3.05) is 13.6 Å². The second-order valence-electron chi connectivity index (χ2n) is 4.82. The molecular formula is C12H16N3OS2+. The third-order valence-corrected chi connectivity index (χ3v) is 5.07. The van der Waals surface area contributed by atoms with E-state index in [9.17, 15) is 4.79 Å². The summed E-state index contributed by atoms with van der Waals surface area (Å²) in [5, 5.41) is 0.873. The molecule has 2 aromatic rings. The van der Waals surface area contributed by atoms with E-state index in [0.717, 1.165) is 29.7 Å². The van der Waals surface area contributed by atoms with Crippen molar-refractivity contribution in [2.45, 2.75) is 26.4 Å². The number of hydrogen-bond donors (Lipinski definition) is 2. The lowest BCUT2D eigenvalue weighted by Crippen LogP contribution is -3.08. The minimum Gasteiger partial charge on any atom is -0.333 e. The molecule has 0 aliphatic carbocycles. The molecule has 3 heterocycles. The lowest BCUT2D eigenvalue weighted by Gasteiger charge is -2.19. The Bertz CT molecular complexity index is 725. The van der Waals surface area contributed by atoms with Gasteiger partial charge in [-0.1, -0.05) is 0 Å². The van der Waals surface area contributed by atoms with Gasteiger partial charge in [-0.05, 0) is 24.7 Å². The summed E-state index contributed by atoms with van der Waals surface area (Å²) in [5.41, 5.74) is 1.33. The summed E-state index contributed by atoms with van der Waals surface area (Å²) in [6.45, 7) is 4.69. The van der Waals surface area contributed by atoms with Crippen molar-refractivity contribution in [3.63, 3.8) is 0 Å². The van der Waals surface area contributed by atoms with Crippen molar-refractivity contribution in [2.24, 2.45) is 0 Å². The average molecular weight is 282 g/mol. The first kappa shape index (κ1) is 12.1. The molecule has 0 saturated carbocycles. The molecule has 4 nitrogen and oxygen atoms in total. The largest absolute Gasteiger partial charge is 0.333 e. The molecule has 1 unspecified atom stereocenters. The number of hydrogen-bond acceptors (Lipinski definition) is 3. The number of fused-ring (bicyclic) bond motifs is 3. The number of thiophene rings is 1. The molecule has 0 radical (unpaired) electrons. The predicted molar refractivity (Wildman–Crippen MR) is 76.1 cm³/mol. The first-order chi connectivity index (χ1) is 8.61. The molecule has 1 aliphatic rings. The van der Waals surface area contributed by atoms with Crippen LogP contribution in [0.3, 0.4) is 0 Å². The quantitative estimate of drug-likeness (QED) is 0.757. The number of rotatable bonds is 1. The molecule has 2 aromatic heterocycles. The number of likely N-dealkylation sites (N-methyl/N-ethyl adjacent to an activating group) is 1. The Hall–Kier alpha value is -0.980. The zero-order valence-electron chi connectivity index (χ0n) is 10.5. The van der Waals surface area contributed by atoms with Gasteiger partial charge in [0.15, 0.2) is 4.77 Å². The molecular weight excluding hydrogens is 266 g/mol. The highest BCUT2D eigenvalue weighted by Gasteiger charge is 2.24. The number of quaternary nitrogens is 1. The van der Waals surface area contributed by atoms with E-state index >= 15 is 0 Å². The topological polar surface area (TPSA) is 42.2 Å². The summed E-state index contributed by atoms with van der Waals surface area (Å²) in [7, 11) is 2.19. The molecule has 2 N–H and O–H groups in total. The van der Waals surface area contributed by atoms with Gasteiger partial charge in [0.05, 0.1) is 23.9 Å². The normalized spacial score (nSPS) is 19.1. The third kappa shape index (κ3) is 1.67. The molecule has 0 saturated heterocycles. The highest BCUT2D eigenvalue weighted by Crippen LogP contribution is 2.28. The molecule has 3 rings (SSSR count). The highest BCUT2D eigenvalue weighted by molar-refractivity contribution is 7.71. The van der Waals surface area contributed by atoms with E-state index in [1.54, 1.807) is 15.9 Å². The van der Waals surface area contributed by atoms with Crippen LogP contribution in [0.2, 0.25) is 0 Å². The molecule has 0 fully saturated rings. The maximum atomic E-state index is 12.5. The maximum Gasteiger partial charge on any atom is 0.263 e. The summed E-state index contributed by atoms with van der Waals surface area (Å²) in [5.74, 6) is 0. The maximum absolute atomic E-state index is 12.5. The van der Waals surface area contributed by atoms with E-state index in [-0.39, 0.29) is 5.56 Å². The van der Waals surface area contributed by atoms with Crippen LogP contribution >= 0.6 is 23.6 Å². The van der Waals surface area contributed by atoms with Crippen molar-refractivity contribution < 1.29 is 4.90 Å². The second-order valence-corrected chi connectivity index (χ2v) is 6.31. The van der Waals surface area contributed by atoms with Crippen LogP contribution in [0, 0.1) is 4.77 Å². The van der Waals surface area contributed by atoms with Gasteiger partial charge in [0.1, 0.15) is 11.4 Å². The molecule has 6 heteroatoms. The van der Waals surface area contributed by atoms with Crippen molar-refractivity contribution in [1.82, 2.24) is 9.55 Å².